The first kappa shape index (κ1) is 21.0. The molecule has 28 heavy (non-hydrogen) atoms. The van der Waals surface area contributed by atoms with E-state index < -0.39 is 0 Å². The van der Waals surface area contributed by atoms with Crippen molar-refractivity contribution in [3.8, 4) is 11.3 Å². The molecule has 0 atom stereocenters. The fourth-order valence-electron chi connectivity index (χ4n) is 3.50. The molecule has 0 unspecified atom stereocenters. The molecule has 1 aromatic heterocycles. The molecule has 0 amide bonds. The molecule has 0 aliphatic rings. The van der Waals surface area contributed by atoms with Gasteiger partial charge in [0.2, 0.25) is 0 Å². The average molecular weight is 360 g/mol. The van der Waals surface area contributed by atoms with Gasteiger partial charge < -0.3 is 0 Å². The number of pyridine rings is 1. The Bertz CT molecular complexity index is 993. The van der Waals surface area contributed by atoms with Gasteiger partial charge in [-0.25, -0.2) is 0 Å². The van der Waals surface area contributed by atoms with Crippen molar-refractivity contribution in [2.24, 2.45) is 0 Å². The number of hydrogen-bond donors (Lipinski definition) is 0. The third kappa shape index (κ3) is 4.29. The summed E-state index contributed by atoms with van der Waals surface area (Å²) >= 11 is 0. The van der Waals surface area contributed by atoms with Gasteiger partial charge in [0.05, 0.1) is 52.8 Å². The van der Waals surface area contributed by atoms with E-state index in [1.54, 1.807) is 0 Å². The number of aromatic nitrogens is 1. The van der Waals surface area contributed by atoms with Gasteiger partial charge in [-0.05, 0) is 22.4 Å². The van der Waals surface area contributed by atoms with Gasteiger partial charge in [-0.2, -0.15) is 0 Å². The van der Waals surface area contributed by atoms with Crippen LogP contribution in [0, 0.1) is 0 Å². The summed E-state index contributed by atoms with van der Waals surface area (Å²) in [6, 6.07) is 16.0. The van der Waals surface area contributed by atoms with Crippen molar-refractivity contribution in [2.45, 2.75) is 36.4 Å². The molecule has 0 radical (unpaired) electrons. The maximum Gasteiger partial charge on any atom is 0.0955 e. The van der Waals surface area contributed by atoms with Gasteiger partial charge in [-0.15, -0.1) is 0 Å². The summed E-state index contributed by atoms with van der Waals surface area (Å²) < 4.78 is 0. The van der Waals surface area contributed by atoms with Crippen LogP contribution in [-0.2, 0) is 15.6 Å². The third-order valence-electron chi connectivity index (χ3n) is 5.57. The van der Waals surface area contributed by atoms with Crippen LogP contribution in [0.15, 0.2) is 48.7 Å². The fraction of sp³-hybridized carbons (Fsp3) is 0.286. The van der Waals surface area contributed by atoms with E-state index in [4.69, 9.17) is 4.98 Å². The van der Waals surface area contributed by atoms with Crippen molar-refractivity contribution in [3.63, 3.8) is 0 Å². The van der Waals surface area contributed by atoms with Crippen LogP contribution in [0.25, 0.3) is 22.0 Å². The van der Waals surface area contributed by atoms with Gasteiger partial charge in [-0.3, -0.25) is 4.98 Å². The van der Waals surface area contributed by atoms with Gasteiger partial charge >= 0.3 is 0 Å². The van der Waals surface area contributed by atoms with Crippen LogP contribution in [0.5, 0.6) is 0 Å². The van der Waals surface area contributed by atoms with Crippen molar-refractivity contribution >= 4 is 57.9 Å². The second kappa shape index (κ2) is 6.94. The van der Waals surface area contributed by atoms with Crippen LogP contribution in [0.3, 0.4) is 0 Å². The molecular weight excluding hydrogens is 331 g/mol. The second-order valence-corrected chi connectivity index (χ2v) is 11.1. The molecule has 3 aromatic rings. The first-order chi connectivity index (χ1) is 12.8. The highest BCUT2D eigenvalue weighted by Crippen LogP contribution is 2.33. The van der Waals surface area contributed by atoms with Gasteiger partial charge in [0.15, 0.2) is 0 Å². The molecule has 1 heterocycles. The average Bonchev–Trinajstić information content (AvgIpc) is 2.58. The lowest BCUT2D eigenvalue weighted by Crippen LogP contribution is -2.30. The van der Waals surface area contributed by atoms with E-state index in [1.807, 2.05) is 6.20 Å². The van der Waals surface area contributed by atoms with E-state index >= 15 is 0 Å². The summed E-state index contributed by atoms with van der Waals surface area (Å²) in [5.74, 6) is 0. The van der Waals surface area contributed by atoms with Gasteiger partial charge in [0.1, 0.15) is 0 Å². The molecule has 0 aliphatic carbocycles. The summed E-state index contributed by atoms with van der Waals surface area (Å²) in [6.07, 6.45) is 1.95. The second-order valence-electron chi connectivity index (χ2n) is 11.1. The number of fused-ring (bicyclic) bond motifs is 1. The van der Waals surface area contributed by atoms with Crippen molar-refractivity contribution in [1.29, 1.82) is 0 Å². The lowest BCUT2D eigenvalue weighted by atomic mass is 9.37. The molecular formula is C21H29B6N. The minimum atomic E-state index is 0.0972. The molecule has 136 valence electrons. The monoisotopic (exact) mass is 361 g/mol. The highest BCUT2D eigenvalue weighted by molar-refractivity contribution is 6.60. The third-order valence-corrected chi connectivity index (χ3v) is 5.57. The summed E-state index contributed by atoms with van der Waals surface area (Å²) in [7, 11) is 13.7. The summed E-state index contributed by atoms with van der Waals surface area (Å²) in [6.45, 7) is 6.79. The predicted octanol–water partition coefficient (Wildman–Crippen LogP) is -0.782. The smallest absolute Gasteiger partial charge is 0.0955 e. The molecule has 1 nitrogen and oxygen atoms in total. The van der Waals surface area contributed by atoms with Crippen molar-refractivity contribution < 1.29 is 0 Å². The minimum Gasteiger partial charge on any atom is -0.256 e. The van der Waals surface area contributed by atoms with Crippen LogP contribution in [-0.4, -0.2) is 52.1 Å². The van der Waals surface area contributed by atoms with Gasteiger partial charge in [0, 0.05) is 17.1 Å². The van der Waals surface area contributed by atoms with E-state index in [0.717, 1.165) is 5.69 Å². The lowest BCUT2D eigenvalue weighted by molar-refractivity contribution is 0.591. The zero-order valence-corrected chi connectivity index (χ0v) is 19.1. The number of hydrogen-bond acceptors (Lipinski definition) is 1. The summed E-state index contributed by atoms with van der Waals surface area (Å²) in [4.78, 5) is 4.82. The van der Waals surface area contributed by atoms with Crippen molar-refractivity contribution in [3.05, 3.63) is 65.4 Å². The summed E-state index contributed by atoms with van der Waals surface area (Å²) in [5.41, 5.74) is 6.51. The van der Waals surface area contributed by atoms with Crippen LogP contribution in [0.1, 0.15) is 37.5 Å². The normalized spacial score (nSPS) is 13.0. The van der Waals surface area contributed by atoms with E-state index in [0.29, 0.717) is 0 Å². The van der Waals surface area contributed by atoms with E-state index in [9.17, 15) is 0 Å². The summed E-state index contributed by atoms with van der Waals surface area (Å²) in [5, 5.41) is 2.68. The molecule has 7 heteroatoms. The predicted molar refractivity (Wildman–Crippen MR) is 140 cm³/mol. The Kier molecular flexibility index (Phi) is 5.19. The Morgan fingerprint density at radius 1 is 0.679 bits per heavy atom. The highest BCUT2D eigenvalue weighted by Gasteiger charge is 2.22. The fourth-order valence-corrected chi connectivity index (χ4v) is 3.50. The zero-order chi connectivity index (χ0) is 20.9. The Hall–Kier alpha value is -1.76. The number of nitrogens with zero attached hydrogens (tertiary/aromatic N) is 1. The van der Waals surface area contributed by atoms with E-state index in [-0.39, 0.29) is 15.6 Å². The number of benzene rings is 2. The molecule has 0 saturated carbocycles. The zero-order valence-electron chi connectivity index (χ0n) is 19.1. The van der Waals surface area contributed by atoms with E-state index in [1.165, 1.54) is 33.0 Å². The molecule has 2 aromatic carbocycles. The van der Waals surface area contributed by atoms with Crippen LogP contribution in [0.2, 0.25) is 0 Å². The molecule has 0 fully saturated rings. The molecule has 0 saturated heterocycles. The minimum absolute atomic E-state index is 0.0972. The number of rotatable bonds is 3. The van der Waals surface area contributed by atoms with Crippen molar-refractivity contribution in [2.75, 3.05) is 0 Å². The van der Waals surface area contributed by atoms with Crippen LogP contribution in [0.4, 0.5) is 0 Å². The van der Waals surface area contributed by atoms with Gasteiger partial charge in [0.25, 0.3) is 0 Å². The maximum absolute atomic E-state index is 4.82. The van der Waals surface area contributed by atoms with Crippen LogP contribution < -0.4 is 0 Å². The molecule has 3 rings (SSSR count). The molecule has 0 N–H and O–H groups in total. The molecule has 0 aliphatic heterocycles. The SMILES string of the molecule is BC(B)(B)c1cc(-c2nccc3cc(C(C)(C)C)ccc23)cc(C(B)(B)B)c1. The first-order valence-corrected chi connectivity index (χ1v) is 10.3. The van der Waals surface area contributed by atoms with Crippen LogP contribution >= 0.6 is 0 Å². The quantitative estimate of drug-likeness (QED) is 0.559. The Morgan fingerprint density at radius 3 is 1.75 bits per heavy atom. The first-order valence-electron chi connectivity index (χ1n) is 10.3. The topological polar surface area (TPSA) is 12.9 Å². The van der Waals surface area contributed by atoms with Gasteiger partial charge in [-0.1, -0.05) is 78.5 Å². The standard InChI is InChI=1S/C21H29B6N/c1-19(2,3)14-4-5-17-12(8-14)6-7-28-18(17)13-9-15(20(22,23)24)11-16(10-13)21(25,26)27/h4-11H,22-27H2,1-3H3. The highest BCUT2D eigenvalue weighted by atomic mass is 14.7. The molecule has 0 bridgehead atoms. The molecule has 0 spiro atoms. The lowest BCUT2D eigenvalue weighted by Gasteiger charge is -2.26. The Balaban J connectivity index is 2.27. The van der Waals surface area contributed by atoms with Crippen molar-refractivity contribution in [1.82, 2.24) is 4.98 Å². The Labute approximate surface area is 175 Å². The van der Waals surface area contributed by atoms with E-state index in [2.05, 4.69) is 110 Å². The largest absolute Gasteiger partial charge is 0.256 e. The maximum atomic E-state index is 4.82. The Morgan fingerprint density at radius 2 is 1.25 bits per heavy atom.